The number of anilines is 1. The van der Waals surface area contributed by atoms with Crippen LogP contribution in [0.3, 0.4) is 0 Å². The van der Waals surface area contributed by atoms with Crippen molar-refractivity contribution in [3.63, 3.8) is 0 Å². The van der Waals surface area contributed by atoms with Crippen LogP contribution in [-0.4, -0.2) is 45.3 Å². The number of nitrogens with one attached hydrogen (secondary N) is 2. The molecule has 0 bridgehead atoms. The van der Waals surface area contributed by atoms with Gasteiger partial charge < -0.3 is 20.3 Å². The Morgan fingerprint density at radius 2 is 2.07 bits per heavy atom. The summed E-state index contributed by atoms with van der Waals surface area (Å²) < 4.78 is 31.5. The second kappa shape index (κ2) is 9.55. The quantitative estimate of drug-likeness (QED) is 0.449. The molecule has 1 aliphatic heterocycles. The lowest BCUT2D eigenvalue weighted by atomic mass is 10.1. The van der Waals surface area contributed by atoms with Crippen LogP contribution in [0.5, 0.6) is 5.75 Å². The van der Waals surface area contributed by atoms with Gasteiger partial charge in [0, 0.05) is 32.2 Å². The fourth-order valence-electron chi connectivity index (χ4n) is 2.99. The van der Waals surface area contributed by atoms with E-state index in [1.165, 1.54) is 11.1 Å². The van der Waals surface area contributed by atoms with E-state index >= 15 is 0 Å². The molecule has 0 unspecified atom stereocenters. The molecule has 3 rings (SSSR count). The standard InChI is InChI=1S/C19H24F2N4OS/c1-22-19(23-8-11-26-15-4-5-16(20)17(21)13-15)24-14-6-9-25(10-7-14)18-3-2-12-27-18/h2-5,12-14H,6-11H2,1H3,(H2,22,23,24). The van der Waals surface area contributed by atoms with Crippen molar-refractivity contribution in [2.75, 3.05) is 38.2 Å². The molecule has 0 aliphatic carbocycles. The summed E-state index contributed by atoms with van der Waals surface area (Å²) in [5.74, 6) is -0.764. The van der Waals surface area contributed by atoms with E-state index in [0.29, 0.717) is 24.9 Å². The Kier molecular flexibility index (Phi) is 6.86. The highest BCUT2D eigenvalue weighted by molar-refractivity contribution is 7.14. The van der Waals surface area contributed by atoms with Crippen molar-refractivity contribution < 1.29 is 13.5 Å². The third-order valence-corrected chi connectivity index (χ3v) is 5.36. The lowest BCUT2D eigenvalue weighted by molar-refractivity contribution is 0.318. The van der Waals surface area contributed by atoms with Crippen molar-refractivity contribution in [2.45, 2.75) is 18.9 Å². The van der Waals surface area contributed by atoms with Crippen LogP contribution >= 0.6 is 11.3 Å². The third-order valence-electron chi connectivity index (χ3n) is 4.43. The highest BCUT2D eigenvalue weighted by Gasteiger charge is 2.20. The maximum atomic E-state index is 13.1. The molecule has 0 radical (unpaired) electrons. The Morgan fingerprint density at radius 3 is 2.74 bits per heavy atom. The van der Waals surface area contributed by atoms with Gasteiger partial charge in [-0.15, -0.1) is 11.3 Å². The predicted octanol–water partition coefficient (Wildman–Crippen LogP) is 3.24. The minimum Gasteiger partial charge on any atom is -0.492 e. The van der Waals surface area contributed by atoms with Gasteiger partial charge in [-0.3, -0.25) is 4.99 Å². The minimum absolute atomic E-state index is 0.305. The van der Waals surface area contributed by atoms with Crippen molar-refractivity contribution in [1.29, 1.82) is 0 Å². The van der Waals surface area contributed by atoms with E-state index in [0.717, 1.165) is 44.0 Å². The number of guanidine groups is 1. The summed E-state index contributed by atoms with van der Waals surface area (Å²) in [4.78, 5) is 6.65. The Bertz CT molecular complexity index is 746. The molecule has 0 amide bonds. The van der Waals surface area contributed by atoms with Crippen LogP contribution in [0.1, 0.15) is 12.8 Å². The molecule has 8 heteroatoms. The average Bonchev–Trinajstić information content (AvgIpc) is 3.22. The summed E-state index contributed by atoms with van der Waals surface area (Å²) in [6, 6.07) is 8.13. The molecule has 2 aromatic rings. The van der Waals surface area contributed by atoms with Crippen molar-refractivity contribution in [2.24, 2.45) is 4.99 Å². The average molecular weight is 394 g/mol. The van der Waals surface area contributed by atoms with Crippen LogP contribution in [0.25, 0.3) is 0 Å². The zero-order chi connectivity index (χ0) is 19.1. The van der Waals surface area contributed by atoms with Crippen LogP contribution in [0.2, 0.25) is 0 Å². The Hall–Kier alpha value is -2.35. The summed E-state index contributed by atoms with van der Waals surface area (Å²) in [6.07, 6.45) is 2.09. The van der Waals surface area contributed by atoms with Gasteiger partial charge in [-0.05, 0) is 42.5 Å². The monoisotopic (exact) mass is 394 g/mol. The second-order valence-electron chi connectivity index (χ2n) is 6.28. The topological polar surface area (TPSA) is 48.9 Å². The van der Waals surface area contributed by atoms with Gasteiger partial charge in [0.05, 0.1) is 11.5 Å². The van der Waals surface area contributed by atoms with E-state index in [1.807, 2.05) is 0 Å². The van der Waals surface area contributed by atoms with Crippen molar-refractivity contribution in [3.05, 3.63) is 47.3 Å². The number of benzene rings is 1. The van der Waals surface area contributed by atoms with Crippen LogP contribution in [0.4, 0.5) is 13.8 Å². The van der Waals surface area contributed by atoms with Crippen molar-refractivity contribution in [1.82, 2.24) is 10.6 Å². The van der Waals surface area contributed by atoms with Gasteiger partial charge in [0.15, 0.2) is 17.6 Å². The van der Waals surface area contributed by atoms with Gasteiger partial charge in [-0.1, -0.05) is 0 Å². The maximum absolute atomic E-state index is 13.1. The smallest absolute Gasteiger partial charge is 0.191 e. The molecular weight excluding hydrogens is 370 g/mol. The summed E-state index contributed by atoms with van der Waals surface area (Å²) in [5, 5.41) is 10.1. The molecule has 1 fully saturated rings. The van der Waals surface area contributed by atoms with E-state index in [9.17, 15) is 8.78 Å². The normalized spacial score (nSPS) is 15.7. The van der Waals surface area contributed by atoms with Gasteiger partial charge >= 0.3 is 0 Å². The summed E-state index contributed by atoms with van der Waals surface area (Å²) >= 11 is 1.77. The van der Waals surface area contributed by atoms with Gasteiger partial charge in [0.2, 0.25) is 0 Å². The first kappa shape index (κ1) is 19.4. The summed E-state index contributed by atoms with van der Waals surface area (Å²) in [7, 11) is 1.73. The maximum Gasteiger partial charge on any atom is 0.191 e. The molecule has 0 atom stereocenters. The molecule has 0 saturated carbocycles. The lowest BCUT2D eigenvalue weighted by Gasteiger charge is -2.33. The number of rotatable bonds is 6. The van der Waals surface area contributed by atoms with Crippen molar-refractivity contribution in [3.8, 4) is 5.75 Å². The Balaban J connectivity index is 1.36. The predicted molar refractivity (Wildman–Crippen MR) is 106 cm³/mol. The van der Waals surface area contributed by atoms with Crippen molar-refractivity contribution >= 4 is 22.3 Å². The first-order chi connectivity index (χ1) is 13.2. The number of piperidine rings is 1. The zero-order valence-corrected chi connectivity index (χ0v) is 16.1. The second-order valence-corrected chi connectivity index (χ2v) is 7.21. The van der Waals surface area contributed by atoms with Gasteiger partial charge in [-0.2, -0.15) is 0 Å². The van der Waals surface area contributed by atoms with Gasteiger partial charge in [0.25, 0.3) is 0 Å². The SMILES string of the molecule is CN=C(NCCOc1ccc(F)c(F)c1)NC1CCN(c2cccs2)CC1. The molecule has 0 spiro atoms. The lowest BCUT2D eigenvalue weighted by Crippen LogP contribution is -2.49. The molecule has 27 heavy (non-hydrogen) atoms. The van der Waals surface area contributed by atoms with Crippen LogP contribution in [0.15, 0.2) is 40.7 Å². The number of thiophene rings is 1. The fourth-order valence-corrected chi connectivity index (χ4v) is 3.77. The molecule has 1 aromatic heterocycles. The number of ether oxygens (including phenoxy) is 1. The molecule has 1 aliphatic rings. The first-order valence-corrected chi connectivity index (χ1v) is 9.87. The Morgan fingerprint density at radius 1 is 1.26 bits per heavy atom. The molecule has 2 N–H and O–H groups in total. The number of halogens is 2. The van der Waals surface area contributed by atoms with E-state index in [2.05, 4.69) is 38.0 Å². The third kappa shape index (κ3) is 5.56. The fraction of sp³-hybridized carbons (Fsp3) is 0.421. The number of hydrogen-bond acceptors (Lipinski definition) is 4. The molecular formula is C19H24F2N4OS. The highest BCUT2D eigenvalue weighted by atomic mass is 32.1. The molecule has 146 valence electrons. The molecule has 1 aromatic carbocycles. The van der Waals surface area contributed by atoms with Crippen LogP contribution in [0, 0.1) is 11.6 Å². The Labute approximate surface area is 162 Å². The highest BCUT2D eigenvalue weighted by Crippen LogP contribution is 2.24. The van der Waals surface area contributed by atoms with E-state index in [1.54, 1.807) is 18.4 Å². The van der Waals surface area contributed by atoms with E-state index < -0.39 is 11.6 Å². The molecule has 5 nitrogen and oxygen atoms in total. The zero-order valence-electron chi connectivity index (χ0n) is 15.3. The molecule has 2 heterocycles. The first-order valence-electron chi connectivity index (χ1n) is 8.99. The number of nitrogens with zero attached hydrogens (tertiary/aromatic N) is 2. The molecule has 1 saturated heterocycles. The minimum atomic E-state index is -0.910. The number of hydrogen-bond donors (Lipinski definition) is 2. The van der Waals surface area contributed by atoms with E-state index in [-0.39, 0.29) is 0 Å². The summed E-state index contributed by atoms with van der Waals surface area (Å²) in [5.41, 5.74) is 0. The van der Waals surface area contributed by atoms with E-state index in [4.69, 9.17) is 4.74 Å². The summed E-state index contributed by atoms with van der Waals surface area (Å²) in [6.45, 7) is 2.87. The van der Waals surface area contributed by atoms with Gasteiger partial charge in [0.1, 0.15) is 12.4 Å². The van der Waals surface area contributed by atoms with Crippen LogP contribution in [-0.2, 0) is 0 Å². The van der Waals surface area contributed by atoms with Crippen LogP contribution < -0.4 is 20.3 Å². The number of aliphatic imine (C=N–C) groups is 1. The largest absolute Gasteiger partial charge is 0.492 e. The van der Waals surface area contributed by atoms with Gasteiger partial charge in [-0.25, -0.2) is 8.78 Å².